The first-order valence-corrected chi connectivity index (χ1v) is 11.7. The number of anilines is 1. The van der Waals surface area contributed by atoms with E-state index in [-0.39, 0.29) is 23.8 Å². The number of amides is 4. The largest absolute Gasteiger partial charge is 0.383 e. The molecule has 0 radical (unpaired) electrons. The Bertz CT molecular complexity index is 1010. The van der Waals surface area contributed by atoms with Crippen molar-refractivity contribution < 1.29 is 19.1 Å². The fraction of sp³-hybridized carbons (Fsp3) is 0.400. The molecule has 2 aromatic carbocycles. The molecule has 0 saturated carbocycles. The average Bonchev–Trinajstić information content (AvgIpc) is 2.83. The lowest BCUT2D eigenvalue weighted by molar-refractivity contribution is -0.124. The maximum Gasteiger partial charge on any atom is 0.321 e. The second kappa shape index (κ2) is 12.4. The molecule has 1 fully saturated rings. The average molecular weight is 487 g/mol. The monoisotopic (exact) mass is 486 g/mol. The highest BCUT2D eigenvalue weighted by Gasteiger charge is 2.34. The summed E-state index contributed by atoms with van der Waals surface area (Å²) in [5.41, 5.74) is 2.00. The quantitative estimate of drug-likeness (QED) is 0.497. The van der Waals surface area contributed by atoms with Gasteiger partial charge in [-0.05, 0) is 55.5 Å². The fourth-order valence-electron chi connectivity index (χ4n) is 4.04. The predicted octanol–water partition coefficient (Wildman–Crippen LogP) is 3.45. The number of piperidine rings is 1. The summed E-state index contributed by atoms with van der Waals surface area (Å²) < 4.78 is 5.02. The minimum absolute atomic E-state index is 0.106. The molecule has 0 spiro atoms. The maximum atomic E-state index is 13.0. The standard InChI is InChI=1S/C25H31ClN4O4/c1-17-6-3-4-9-21(17)23(31)29-22(24(32)27-12-15-34-2)18-10-13-30(14-11-18)25(33)28-20-8-5-7-19(26)16-20/h3-9,16,18,22H,10-15H2,1-2H3,(H,27,32)(H,28,33)(H,29,31). The van der Waals surface area contributed by atoms with Gasteiger partial charge in [-0.15, -0.1) is 0 Å². The van der Waals surface area contributed by atoms with Crippen molar-refractivity contribution in [1.82, 2.24) is 15.5 Å². The number of nitrogens with zero attached hydrogens (tertiary/aromatic N) is 1. The molecule has 1 aliphatic rings. The number of halogens is 1. The summed E-state index contributed by atoms with van der Waals surface area (Å²) in [6.45, 7) is 3.54. The number of rotatable bonds is 8. The Kier molecular flexibility index (Phi) is 9.30. The normalized spacial score (nSPS) is 14.9. The third-order valence-electron chi connectivity index (χ3n) is 5.94. The lowest BCUT2D eigenvalue weighted by Crippen LogP contribution is -2.54. The van der Waals surface area contributed by atoms with Crippen LogP contribution in [0.2, 0.25) is 5.02 Å². The molecule has 3 rings (SSSR count). The van der Waals surface area contributed by atoms with E-state index in [9.17, 15) is 14.4 Å². The summed E-state index contributed by atoms with van der Waals surface area (Å²) in [5, 5.41) is 9.17. The molecule has 0 aliphatic carbocycles. The summed E-state index contributed by atoms with van der Waals surface area (Å²) in [5.74, 6) is -0.641. The SMILES string of the molecule is COCCNC(=O)C(NC(=O)c1ccccc1C)C1CCN(C(=O)Nc2cccc(Cl)c2)CC1. The molecule has 4 amide bonds. The first-order chi connectivity index (χ1) is 16.4. The van der Waals surface area contributed by atoms with E-state index >= 15 is 0 Å². The summed E-state index contributed by atoms with van der Waals surface area (Å²) >= 11 is 5.99. The van der Waals surface area contributed by atoms with E-state index in [0.29, 0.717) is 55.4 Å². The minimum Gasteiger partial charge on any atom is -0.383 e. The van der Waals surface area contributed by atoms with Gasteiger partial charge in [-0.1, -0.05) is 35.9 Å². The van der Waals surface area contributed by atoms with Crippen LogP contribution in [0.15, 0.2) is 48.5 Å². The number of aryl methyl sites for hydroxylation is 1. The lowest BCUT2D eigenvalue weighted by Gasteiger charge is -2.35. The van der Waals surface area contributed by atoms with Crippen molar-refractivity contribution in [2.45, 2.75) is 25.8 Å². The molecule has 1 atom stereocenters. The van der Waals surface area contributed by atoms with Crippen LogP contribution in [0.25, 0.3) is 0 Å². The van der Waals surface area contributed by atoms with Crippen LogP contribution in [0, 0.1) is 12.8 Å². The van der Waals surface area contributed by atoms with Crippen LogP contribution in [-0.2, 0) is 9.53 Å². The van der Waals surface area contributed by atoms with Crippen LogP contribution < -0.4 is 16.0 Å². The van der Waals surface area contributed by atoms with Gasteiger partial charge < -0.3 is 25.6 Å². The van der Waals surface area contributed by atoms with Gasteiger partial charge in [0.1, 0.15) is 6.04 Å². The highest BCUT2D eigenvalue weighted by Crippen LogP contribution is 2.23. The maximum absolute atomic E-state index is 13.0. The molecule has 34 heavy (non-hydrogen) atoms. The smallest absolute Gasteiger partial charge is 0.321 e. The van der Waals surface area contributed by atoms with Gasteiger partial charge in [0.25, 0.3) is 5.91 Å². The number of benzene rings is 2. The van der Waals surface area contributed by atoms with Gasteiger partial charge in [0.05, 0.1) is 6.61 Å². The zero-order valence-corrected chi connectivity index (χ0v) is 20.2. The van der Waals surface area contributed by atoms with Gasteiger partial charge in [0.2, 0.25) is 5.91 Å². The molecule has 1 aliphatic heterocycles. The summed E-state index contributed by atoms with van der Waals surface area (Å²) in [4.78, 5) is 40.3. The topological polar surface area (TPSA) is 99.8 Å². The fourth-order valence-corrected chi connectivity index (χ4v) is 4.23. The zero-order chi connectivity index (χ0) is 24.5. The highest BCUT2D eigenvalue weighted by atomic mass is 35.5. The molecular weight excluding hydrogens is 456 g/mol. The Morgan fingerprint density at radius 2 is 1.85 bits per heavy atom. The van der Waals surface area contributed by atoms with Crippen molar-refractivity contribution >= 4 is 35.1 Å². The van der Waals surface area contributed by atoms with Gasteiger partial charge in [-0.3, -0.25) is 9.59 Å². The van der Waals surface area contributed by atoms with Crippen molar-refractivity contribution in [2.75, 3.05) is 38.7 Å². The second-order valence-electron chi connectivity index (χ2n) is 8.31. The number of hydrogen-bond donors (Lipinski definition) is 3. The van der Waals surface area contributed by atoms with E-state index in [4.69, 9.17) is 16.3 Å². The Labute approximate surface area is 205 Å². The number of likely N-dealkylation sites (tertiary alicyclic amines) is 1. The first-order valence-electron chi connectivity index (χ1n) is 11.3. The molecule has 1 unspecified atom stereocenters. The zero-order valence-electron chi connectivity index (χ0n) is 19.5. The Balaban J connectivity index is 1.64. The molecule has 1 heterocycles. The van der Waals surface area contributed by atoms with Crippen molar-refractivity contribution in [3.8, 4) is 0 Å². The molecule has 182 valence electrons. The number of hydrogen-bond acceptors (Lipinski definition) is 4. The van der Waals surface area contributed by atoms with Crippen molar-refractivity contribution in [1.29, 1.82) is 0 Å². The third kappa shape index (κ3) is 6.95. The van der Waals surface area contributed by atoms with E-state index in [2.05, 4.69) is 16.0 Å². The number of nitrogens with one attached hydrogen (secondary N) is 3. The summed E-state index contributed by atoms with van der Waals surface area (Å²) in [7, 11) is 1.56. The lowest BCUT2D eigenvalue weighted by atomic mass is 9.88. The molecule has 2 aromatic rings. The van der Waals surface area contributed by atoms with E-state index < -0.39 is 6.04 Å². The van der Waals surface area contributed by atoms with Crippen molar-refractivity contribution in [2.24, 2.45) is 5.92 Å². The highest BCUT2D eigenvalue weighted by molar-refractivity contribution is 6.30. The second-order valence-corrected chi connectivity index (χ2v) is 8.75. The molecule has 9 heteroatoms. The van der Waals surface area contributed by atoms with E-state index in [1.165, 1.54) is 0 Å². The van der Waals surface area contributed by atoms with Gasteiger partial charge >= 0.3 is 6.03 Å². The van der Waals surface area contributed by atoms with Crippen molar-refractivity contribution in [3.63, 3.8) is 0 Å². The van der Waals surface area contributed by atoms with Crippen LogP contribution >= 0.6 is 11.6 Å². The molecule has 0 aromatic heterocycles. The first kappa shape index (κ1) is 25.5. The van der Waals surface area contributed by atoms with E-state index in [0.717, 1.165) is 5.56 Å². The molecule has 8 nitrogen and oxygen atoms in total. The Morgan fingerprint density at radius 1 is 1.12 bits per heavy atom. The van der Waals surface area contributed by atoms with Crippen LogP contribution in [0.1, 0.15) is 28.8 Å². The van der Waals surface area contributed by atoms with Crippen LogP contribution in [0.5, 0.6) is 0 Å². The van der Waals surface area contributed by atoms with Crippen LogP contribution in [-0.4, -0.2) is 62.1 Å². The van der Waals surface area contributed by atoms with Gasteiger partial charge in [0.15, 0.2) is 0 Å². The van der Waals surface area contributed by atoms with Crippen molar-refractivity contribution in [3.05, 3.63) is 64.7 Å². The number of ether oxygens (including phenoxy) is 1. The predicted molar refractivity (Wildman–Crippen MR) is 132 cm³/mol. The van der Waals surface area contributed by atoms with Crippen LogP contribution in [0.4, 0.5) is 10.5 Å². The van der Waals surface area contributed by atoms with E-state index in [1.807, 2.05) is 19.1 Å². The number of methoxy groups -OCH3 is 1. The molecular formula is C25H31ClN4O4. The summed E-state index contributed by atoms with van der Waals surface area (Å²) in [6, 6.07) is 13.3. The summed E-state index contributed by atoms with van der Waals surface area (Å²) in [6.07, 6.45) is 1.17. The Hall–Kier alpha value is -3.10. The van der Waals surface area contributed by atoms with E-state index in [1.54, 1.807) is 48.4 Å². The number of carbonyl (C=O) groups excluding carboxylic acids is 3. The molecule has 1 saturated heterocycles. The number of urea groups is 1. The van der Waals surface area contributed by atoms with Gasteiger partial charge in [-0.2, -0.15) is 0 Å². The molecule has 0 bridgehead atoms. The third-order valence-corrected chi connectivity index (χ3v) is 6.17. The van der Waals surface area contributed by atoms with Gasteiger partial charge in [-0.25, -0.2) is 4.79 Å². The number of carbonyl (C=O) groups is 3. The molecule has 3 N–H and O–H groups in total. The Morgan fingerprint density at radius 3 is 2.53 bits per heavy atom. The minimum atomic E-state index is -0.706. The van der Waals surface area contributed by atoms with Gasteiger partial charge in [0, 0.05) is 43.0 Å². The van der Waals surface area contributed by atoms with Crippen LogP contribution in [0.3, 0.4) is 0 Å².